The Bertz CT molecular complexity index is 1790. The number of carbonyl (C=O) groups excluding carboxylic acids is 3. The normalized spacial score (nSPS) is 13.5. The van der Waals surface area contributed by atoms with Gasteiger partial charge in [-0.3, -0.25) is 13.9 Å². The molecule has 2 heterocycles. The first-order valence-electron chi connectivity index (χ1n) is 13.1. The minimum atomic E-state index is -4.17. The number of benzene rings is 2. The van der Waals surface area contributed by atoms with E-state index < -0.39 is 38.7 Å². The Kier molecular flexibility index (Phi) is 10.1. The quantitative estimate of drug-likeness (QED) is 0.0762. The molecule has 16 heteroatoms. The molecule has 3 aromatic rings. The number of likely N-dealkylation sites (N-methyl/N-ethyl adjacent to an activating group) is 1. The Hall–Kier alpha value is -5.77. The first-order chi connectivity index (χ1) is 21.5. The molecular formula is C29H26N4O11S. The van der Waals surface area contributed by atoms with Gasteiger partial charge in [-0.05, 0) is 54.5 Å². The number of nitrogens with one attached hydrogen (secondary N) is 1. The van der Waals surface area contributed by atoms with E-state index >= 15 is 0 Å². The third-order valence-electron chi connectivity index (χ3n) is 6.13. The van der Waals surface area contributed by atoms with Crippen LogP contribution in [-0.4, -0.2) is 61.4 Å². The smallest absolute Gasteiger partial charge is 0.336 e. The molecule has 1 N–H and O–H groups in total. The number of hydrogen-bond acceptors (Lipinski definition) is 12. The Labute approximate surface area is 256 Å². The molecule has 0 spiro atoms. The van der Waals surface area contributed by atoms with Crippen molar-refractivity contribution in [3.05, 3.63) is 99.9 Å². The molecule has 0 saturated carbocycles. The van der Waals surface area contributed by atoms with E-state index in [4.69, 9.17) is 14.2 Å². The van der Waals surface area contributed by atoms with Crippen LogP contribution in [0.3, 0.4) is 0 Å². The molecule has 45 heavy (non-hydrogen) atoms. The van der Waals surface area contributed by atoms with Crippen molar-refractivity contribution >= 4 is 45.5 Å². The maximum absolute atomic E-state index is 13.3. The monoisotopic (exact) mass is 638 g/mol. The molecule has 0 fully saturated rings. The molecule has 1 aliphatic heterocycles. The van der Waals surface area contributed by atoms with Gasteiger partial charge in [0.05, 0.1) is 18.6 Å². The highest BCUT2D eigenvalue weighted by atomic mass is 32.2. The largest absolute Gasteiger partial charge is 0.497 e. The summed E-state index contributed by atoms with van der Waals surface area (Å²) in [6.07, 6.45) is 3.70. The fraction of sp³-hybridized carbons (Fsp3) is 0.172. The number of pyridine rings is 1. The third-order valence-corrected chi connectivity index (χ3v) is 7.94. The zero-order chi connectivity index (χ0) is 32.6. The van der Waals surface area contributed by atoms with Crippen molar-refractivity contribution in [3.63, 3.8) is 0 Å². The van der Waals surface area contributed by atoms with Crippen LogP contribution in [0.5, 0.6) is 11.5 Å². The fourth-order valence-electron chi connectivity index (χ4n) is 4.08. The van der Waals surface area contributed by atoms with E-state index in [9.17, 15) is 32.9 Å². The van der Waals surface area contributed by atoms with Crippen LogP contribution in [0.2, 0.25) is 0 Å². The van der Waals surface area contributed by atoms with Crippen molar-refractivity contribution in [3.8, 4) is 11.5 Å². The predicted octanol–water partition coefficient (Wildman–Crippen LogP) is 3.18. The van der Waals surface area contributed by atoms with Gasteiger partial charge in [0.15, 0.2) is 11.5 Å². The lowest BCUT2D eigenvalue weighted by Crippen LogP contribution is -2.38. The molecule has 1 aromatic heterocycles. The van der Waals surface area contributed by atoms with Crippen molar-refractivity contribution < 1.29 is 46.9 Å². The topological polar surface area (TPSA) is 194 Å². The number of nitrogens with zero attached hydrogens (tertiary/aromatic N) is 3. The number of aromatic nitrogens is 1. The van der Waals surface area contributed by atoms with Gasteiger partial charge in [-0.1, -0.05) is 18.2 Å². The van der Waals surface area contributed by atoms with E-state index in [0.29, 0.717) is 5.56 Å². The van der Waals surface area contributed by atoms with Gasteiger partial charge in [-0.15, -0.1) is 10.1 Å². The number of hydrogen-bond donors (Lipinski definition) is 1. The van der Waals surface area contributed by atoms with Crippen LogP contribution < -0.4 is 14.8 Å². The molecule has 1 aliphatic rings. The van der Waals surface area contributed by atoms with E-state index in [0.717, 1.165) is 17.4 Å². The number of esters is 2. The van der Waals surface area contributed by atoms with Gasteiger partial charge in [0.25, 0.3) is 21.0 Å². The van der Waals surface area contributed by atoms with Crippen molar-refractivity contribution in [1.29, 1.82) is 0 Å². The van der Waals surface area contributed by atoms with Crippen molar-refractivity contribution in [2.24, 2.45) is 0 Å². The Balaban J connectivity index is 1.59. The van der Waals surface area contributed by atoms with E-state index in [1.807, 2.05) is 0 Å². The molecule has 15 nitrogen and oxygen atoms in total. The summed E-state index contributed by atoms with van der Waals surface area (Å²) in [6.45, 7) is -0.272. The van der Waals surface area contributed by atoms with Gasteiger partial charge in [-0.25, -0.2) is 18.2 Å². The van der Waals surface area contributed by atoms with Crippen molar-refractivity contribution in [1.82, 2.24) is 9.29 Å². The highest BCUT2D eigenvalue weighted by molar-refractivity contribution is 7.89. The third kappa shape index (κ3) is 7.99. The van der Waals surface area contributed by atoms with E-state index in [1.165, 1.54) is 67.9 Å². The molecule has 0 bridgehead atoms. The van der Waals surface area contributed by atoms with Gasteiger partial charge in [0.2, 0.25) is 0 Å². The van der Waals surface area contributed by atoms with Crippen LogP contribution in [-0.2, 0) is 34.0 Å². The lowest BCUT2D eigenvalue weighted by atomic mass is 10.1. The first kappa shape index (κ1) is 32.2. The van der Waals surface area contributed by atoms with E-state index in [2.05, 4.69) is 15.1 Å². The Morgan fingerprint density at radius 2 is 1.78 bits per heavy atom. The zero-order valence-corrected chi connectivity index (χ0v) is 24.7. The average Bonchev–Trinajstić information content (AvgIpc) is 3.01. The van der Waals surface area contributed by atoms with Crippen LogP contribution in [0.15, 0.2) is 83.5 Å². The zero-order valence-electron chi connectivity index (χ0n) is 23.9. The van der Waals surface area contributed by atoms with Crippen LogP contribution in [0, 0.1) is 10.1 Å². The number of rotatable bonds is 12. The number of methoxy groups -OCH3 is 1. The van der Waals surface area contributed by atoms with Crippen LogP contribution in [0.25, 0.3) is 11.8 Å². The summed E-state index contributed by atoms with van der Waals surface area (Å²) in [7, 11) is -1.63. The highest BCUT2D eigenvalue weighted by Crippen LogP contribution is 2.37. The first-order valence-corrected chi connectivity index (χ1v) is 14.6. The Morgan fingerprint density at radius 1 is 1.04 bits per heavy atom. The van der Waals surface area contributed by atoms with Gasteiger partial charge >= 0.3 is 11.9 Å². The number of amides is 1. The molecular weight excluding hydrogens is 612 g/mol. The maximum atomic E-state index is 13.3. The molecule has 2 aromatic carbocycles. The van der Waals surface area contributed by atoms with Gasteiger partial charge in [0, 0.05) is 37.4 Å². The summed E-state index contributed by atoms with van der Waals surface area (Å²) in [5.41, 5.74) is -0.0837. The van der Waals surface area contributed by atoms with Crippen molar-refractivity contribution in [2.45, 2.75) is 17.7 Å². The minimum absolute atomic E-state index is 0.00251. The summed E-state index contributed by atoms with van der Waals surface area (Å²) in [4.78, 5) is 56.8. The van der Waals surface area contributed by atoms with Crippen LogP contribution >= 0.6 is 0 Å². The van der Waals surface area contributed by atoms with Crippen molar-refractivity contribution in [2.75, 3.05) is 26.1 Å². The molecule has 0 saturated heterocycles. The standard InChI is InChI=1S/C29H26N4O11S/c1-32-27(29(36)31-24-10-5-6-14-30-24)28(22-8-3-4-9-23(22)45(32,39)40)44-26(35)13-12-19-16-20(41-2)18-21(17-19)43-25(34)11-7-15-42-33(37)38/h3-6,8-10,12-14,16-18H,7,11,15H2,1-2H3,(H,30,31,36). The molecule has 4 rings (SSSR count). The lowest BCUT2D eigenvalue weighted by molar-refractivity contribution is -0.757. The van der Waals surface area contributed by atoms with Gasteiger partial charge < -0.3 is 24.4 Å². The predicted molar refractivity (Wildman–Crippen MR) is 157 cm³/mol. The summed E-state index contributed by atoms with van der Waals surface area (Å²) < 4.78 is 43.3. The lowest BCUT2D eigenvalue weighted by Gasteiger charge is -2.29. The second kappa shape index (κ2) is 14.1. The highest BCUT2D eigenvalue weighted by Gasteiger charge is 2.39. The summed E-state index contributed by atoms with van der Waals surface area (Å²) >= 11 is 0. The SMILES string of the molecule is COc1cc(C=CC(=O)OC2=C(C(=O)Nc3ccccn3)N(C)S(=O)(=O)c3ccccc32)cc(OC(=O)CCCO[N+](=O)[O-])c1. The second-order valence-electron chi connectivity index (χ2n) is 9.15. The number of sulfonamides is 1. The number of ether oxygens (including phenoxy) is 3. The van der Waals surface area contributed by atoms with Crippen LogP contribution in [0.4, 0.5) is 5.82 Å². The maximum Gasteiger partial charge on any atom is 0.336 e. The summed E-state index contributed by atoms with van der Waals surface area (Å²) in [5.74, 6) is -2.31. The Morgan fingerprint density at radius 3 is 2.49 bits per heavy atom. The van der Waals surface area contributed by atoms with E-state index in [1.54, 1.807) is 12.1 Å². The fourth-order valence-corrected chi connectivity index (χ4v) is 5.47. The number of carbonyl (C=O) groups is 3. The minimum Gasteiger partial charge on any atom is -0.497 e. The number of anilines is 1. The second-order valence-corrected chi connectivity index (χ2v) is 11.1. The molecule has 0 atom stereocenters. The van der Waals surface area contributed by atoms with E-state index in [-0.39, 0.29) is 53.0 Å². The number of fused-ring (bicyclic) bond motifs is 1. The van der Waals surface area contributed by atoms with Crippen LogP contribution in [0.1, 0.15) is 24.0 Å². The molecule has 234 valence electrons. The average molecular weight is 639 g/mol. The summed E-state index contributed by atoms with van der Waals surface area (Å²) in [6, 6.07) is 14.9. The molecule has 0 unspecified atom stereocenters. The van der Waals surface area contributed by atoms with Gasteiger partial charge in [-0.2, -0.15) is 0 Å². The summed E-state index contributed by atoms with van der Waals surface area (Å²) in [5, 5.41) is 11.8. The molecule has 0 aliphatic carbocycles. The molecule has 0 radical (unpaired) electrons. The molecule has 1 amide bonds. The van der Waals surface area contributed by atoms with Gasteiger partial charge in [0.1, 0.15) is 17.3 Å².